The van der Waals surface area contributed by atoms with Crippen molar-refractivity contribution in [2.75, 3.05) is 18.2 Å². The van der Waals surface area contributed by atoms with Crippen molar-refractivity contribution in [3.63, 3.8) is 0 Å². The van der Waals surface area contributed by atoms with Gasteiger partial charge in [0.25, 0.3) is 0 Å². The number of fused-ring (bicyclic) bond motifs is 3. The van der Waals surface area contributed by atoms with Gasteiger partial charge in [0.15, 0.2) is 5.17 Å². The second kappa shape index (κ2) is 9.17. The molecule has 3 aliphatic heterocycles. The molecule has 0 bridgehead atoms. The number of hydrazine groups is 1. The number of nitrogens with one attached hydrogen (secondary N) is 3. The van der Waals surface area contributed by atoms with Crippen molar-refractivity contribution in [2.24, 2.45) is 5.10 Å². The van der Waals surface area contributed by atoms with Gasteiger partial charge in [-0.25, -0.2) is 5.43 Å². The molecule has 33 heavy (non-hydrogen) atoms. The number of amides is 1. The Balaban J connectivity index is 1.17. The highest BCUT2D eigenvalue weighted by Gasteiger charge is 2.44. The Morgan fingerprint density at radius 2 is 2.09 bits per heavy atom. The predicted molar refractivity (Wildman–Crippen MR) is 132 cm³/mol. The third-order valence-electron chi connectivity index (χ3n) is 6.01. The van der Waals surface area contributed by atoms with E-state index in [1.54, 1.807) is 13.2 Å². The summed E-state index contributed by atoms with van der Waals surface area (Å²) in [4.78, 5) is 14.5. The average molecular weight is 485 g/mol. The van der Waals surface area contributed by atoms with Gasteiger partial charge in [-0.1, -0.05) is 41.6 Å². The monoisotopic (exact) mass is 484 g/mol. The summed E-state index contributed by atoms with van der Waals surface area (Å²) >= 11 is 7.55. The largest absolute Gasteiger partial charge is 0.497 e. The Morgan fingerprint density at radius 1 is 1.27 bits per heavy atom. The van der Waals surface area contributed by atoms with Crippen LogP contribution >= 0.6 is 23.4 Å². The molecule has 3 aliphatic rings. The van der Waals surface area contributed by atoms with Crippen molar-refractivity contribution in [3.05, 3.63) is 71.0 Å². The summed E-state index contributed by atoms with van der Waals surface area (Å²) in [7, 11) is 1.67. The highest BCUT2D eigenvalue weighted by molar-refractivity contribution is 8.14. The maximum atomic E-state index is 12.4. The lowest BCUT2D eigenvalue weighted by molar-refractivity contribution is -0.113. The van der Waals surface area contributed by atoms with E-state index in [1.807, 2.05) is 43.6 Å². The molecule has 0 spiro atoms. The van der Waals surface area contributed by atoms with Crippen LogP contribution in [0.5, 0.6) is 5.75 Å². The van der Waals surface area contributed by atoms with Gasteiger partial charge in [0, 0.05) is 23.1 Å². The van der Waals surface area contributed by atoms with E-state index in [4.69, 9.17) is 16.3 Å². The lowest BCUT2D eigenvalue weighted by Crippen LogP contribution is -2.54. The number of nitrogens with zero attached hydrogens (tertiary/aromatic N) is 3. The van der Waals surface area contributed by atoms with Crippen LogP contribution in [-0.4, -0.2) is 46.1 Å². The number of methoxy groups -OCH3 is 1. The zero-order chi connectivity index (χ0) is 22.9. The Kier molecular flexibility index (Phi) is 6.09. The van der Waals surface area contributed by atoms with Crippen LogP contribution in [0.1, 0.15) is 23.6 Å². The summed E-state index contributed by atoms with van der Waals surface area (Å²) in [5.74, 6) is 1.00. The van der Waals surface area contributed by atoms with Gasteiger partial charge >= 0.3 is 0 Å². The fourth-order valence-electron chi connectivity index (χ4n) is 4.20. The summed E-state index contributed by atoms with van der Waals surface area (Å²) in [6, 6.07) is 14.1. The topological polar surface area (TPSA) is 81.2 Å². The number of ether oxygens (including phenoxy) is 1. The van der Waals surface area contributed by atoms with E-state index in [0.717, 1.165) is 22.9 Å². The minimum Gasteiger partial charge on any atom is -0.497 e. The normalized spacial score (nSPS) is 23.0. The van der Waals surface area contributed by atoms with Crippen LogP contribution in [0.15, 0.2) is 60.0 Å². The van der Waals surface area contributed by atoms with E-state index in [1.165, 1.54) is 17.3 Å². The van der Waals surface area contributed by atoms with Crippen LogP contribution in [0.4, 0.5) is 5.69 Å². The zero-order valence-electron chi connectivity index (χ0n) is 18.3. The minimum absolute atomic E-state index is 0.00668. The SMILES string of the molecule is COc1ccc(C2CC3C4NN=C(SCC(=O)Nc5ccc(C)c(Cl)c5)N4C=CN3N2)cc1. The number of amidine groups is 1. The van der Waals surface area contributed by atoms with Gasteiger partial charge < -0.3 is 20.0 Å². The van der Waals surface area contributed by atoms with Gasteiger partial charge in [0.2, 0.25) is 5.91 Å². The van der Waals surface area contributed by atoms with Crippen molar-refractivity contribution in [2.45, 2.75) is 31.6 Å². The maximum absolute atomic E-state index is 12.4. The molecule has 0 saturated carbocycles. The van der Waals surface area contributed by atoms with E-state index in [9.17, 15) is 4.79 Å². The van der Waals surface area contributed by atoms with Crippen molar-refractivity contribution < 1.29 is 9.53 Å². The molecule has 3 heterocycles. The molecule has 3 atom stereocenters. The summed E-state index contributed by atoms with van der Waals surface area (Å²) in [5, 5.41) is 10.9. The molecule has 1 amide bonds. The third-order valence-corrected chi connectivity index (χ3v) is 7.38. The highest BCUT2D eigenvalue weighted by atomic mass is 35.5. The summed E-state index contributed by atoms with van der Waals surface area (Å²) < 4.78 is 5.27. The molecule has 2 aromatic rings. The first-order chi connectivity index (χ1) is 16.0. The van der Waals surface area contributed by atoms with E-state index in [2.05, 4.69) is 43.3 Å². The van der Waals surface area contributed by atoms with Gasteiger partial charge in [-0.05, 0) is 48.7 Å². The van der Waals surface area contributed by atoms with Crippen LogP contribution in [0, 0.1) is 6.92 Å². The number of thioether (sulfide) groups is 1. The quantitative estimate of drug-likeness (QED) is 0.597. The van der Waals surface area contributed by atoms with E-state index in [-0.39, 0.29) is 29.9 Å². The zero-order valence-corrected chi connectivity index (χ0v) is 19.9. The molecule has 5 rings (SSSR count). The molecule has 3 N–H and O–H groups in total. The second-order valence-electron chi connectivity index (χ2n) is 8.14. The van der Waals surface area contributed by atoms with Crippen LogP contribution in [0.3, 0.4) is 0 Å². The van der Waals surface area contributed by atoms with Crippen LogP contribution in [0.25, 0.3) is 0 Å². The summed E-state index contributed by atoms with van der Waals surface area (Å²) in [6.45, 7) is 1.93. The molecule has 3 unspecified atom stereocenters. The Hall–Kier alpha value is -2.88. The maximum Gasteiger partial charge on any atom is 0.234 e. The van der Waals surface area contributed by atoms with E-state index >= 15 is 0 Å². The molecule has 10 heteroatoms. The molecule has 0 radical (unpaired) electrons. The lowest BCUT2D eigenvalue weighted by atomic mass is 10.00. The van der Waals surface area contributed by atoms with Gasteiger partial charge in [0.1, 0.15) is 11.9 Å². The van der Waals surface area contributed by atoms with Gasteiger partial charge in [-0.3, -0.25) is 10.2 Å². The molecule has 2 aromatic carbocycles. The van der Waals surface area contributed by atoms with Crippen LogP contribution in [0.2, 0.25) is 5.02 Å². The molecule has 1 fully saturated rings. The molecule has 8 nitrogen and oxygen atoms in total. The molecule has 172 valence electrons. The molecule has 0 aromatic heterocycles. The Labute approximate surface area is 202 Å². The number of hydrazone groups is 1. The number of hydrogen-bond acceptors (Lipinski definition) is 8. The third kappa shape index (κ3) is 4.48. The molecule has 0 aliphatic carbocycles. The number of rotatable bonds is 5. The smallest absolute Gasteiger partial charge is 0.234 e. The lowest BCUT2D eigenvalue weighted by Gasteiger charge is -2.36. The average Bonchev–Trinajstić information content (AvgIpc) is 3.44. The van der Waals surface area contributed by atoms with Crippen molar-refractivity contribution in [3.8, 4) is 5.75 Å². The van der Waals surface area contributed by atoms with Gasteiger partial charge in [-0.2, -0.15) is 5.10 Å². The first kappa shape index (κ1) is 21.9. The number of halogens is 1. The Bertz CT molecular complexity index is 1110. The standard InChI is InChI=1S/C23H25ClN6O2S/c1-14-3-6-16(11-18(14)24)25-21(31)13-33-23-27-26-22-20-12-19(28-30(20)10-9-29(22)23)15-4-7-17(32-2)8-5-15/h3-11,19-20,22,26,28H,12-13H2,1-2H3,(H,25,31). The number of carbonyl (C=O) groups is 1. The first-order valence-corrected chi connectivity index (χ1v) is 12.1. The number of carbonyl (C=O) groups excluding carboxylic acids is 1. The number of anilines is 1. The van der Waals surface area contributed by atoms with Gasteiger partial charge in [0.05, 0.1) is 24.9 Å². The molecular weight excluding hydrogens is 460 g/mol. The number of hydrogen-bond donors (Lipinski definition) is 3. The van der Waals surface area contributed by atoms with Crippen molar-refractivity contribution >= 4 is 40.1 Å². The van der Waals surface area contributed by atoms with Crippen molar-refractivity contribution in [1.29, 1.82) is 0 Å². The van der Waals surface area contributed by atoms with Crippen LogP contribution in [-0.2, 0) is 4.79 Å². The van der Waals surface area contributed by atoms with E-state index in [0.29, 0.717) is 10.7 Å². The van der Waals surface area contributed by atoms with Crippen molar-refractivity contribution in [1.82, 2.24) is 20.8 Å². The minimum atomic E-state index is -0.101. The summed E-state index contributed by atoms with van der Waals surface area (Å²) in [6.07, 6.45) is 4.95. The number of benzene rings is 2. The Morgan fingerprint density at radius 3 is 2.85 bits per heavy atom. The second-order valence-corrected chi connectivity index (χ2v) is 9.49. The first-order valence-electron chi connectivity index (χ1n) is 10.7. The summed E-state index contributed by atoms with van der Waals surface area (Å²) in [5.41, 5.74) is 9.69. The fraction of sp³-hybridized carbons (Fsp3) is 0.304. The number of aryl methyl sites for hydroxylation is 1. The predicted octanol–water partition coefficient (Wildman–Crippen LogP) is 3.64. The fourth-order valence-corrected chi connectivity index (χ4v) is 5.15. The highest BCUT2D eigenvalue weighted by Crippen LogP contribution is 2.35. The van der Waals surface area contributed by atoms with E-state index < -0.39 is 0 Å². The van der Waals surface area contributed by atoms with Crippen LogP contribution < -0.4 is 20.9 Å². The van der Waals surface area contributed by atoms with Gasteiger partial charge in [-0.15, -0.1) is 0 Å². The molecule has 1 saturated heterocycles. The molecular formula is C23H25ClN6O2S.